The average Bonchev–Trinajstić information content (AvgIpc) is 2.82. The van der Waals surface area contributed by atoms with Gasteiger partial charge in [0.2, 0.25) is 0 Å². The van der Waals surface area contributed by atoms with Crippen LogP contribution >= 0.6 is 11.3 Å². The number of fused-ring (bicyclic) bond motifs is 1. The fourth-order valence-electron chi connectivity index (χ4n) is 2.73. The third-order valence-electron chi connectivity index (χ3n) is 4.04. The van der Waals surface area contributed by atoms with E-state index in [1.54, 1.807) is 0 Å². The molecule has 0 radical (unpaired) electrons. The molecule has 0 spiro atoms. The van der Waals surface area contributed by atoms with Gasteiger partial charge in [-0.3, -0.25) is 14.2 Å². The number of aromatic nitrogens is 2. The minimum absolute atomic E-state index is 0.0586. The first-order valence-corrected chi connectivity index (χ1v) is 8.25. The smallest absolute Gasteiger partial charge is 0.263 e. The number of nitrogens with zero attached hydrogens (tertiary/aromatic N) is 2. The summed E-state index contributed by atoms with van der Waals surface area (Å²) in [7, 11) is 0. The van der Waals surface area contributed by atoms with E-state index >= 15 is 0 Å². The Morgan fingerprint density at radius 3 is 2.61 bits per heavy atom. The number of hydrogen-bond acceptors (Lipinski definition) is 4. The molecule has 0 fully saturated rings. The molecule has 0 bridgehead atoms. The van der Waals surface area contributed by atoms with Gasteiger partial charge in [0.15, 0.2) is 0 Å². The summed E-state index contributed by atoms with van der Waals surface area (Å²) in [5.41, 5.74) is 4.22. The van der Waals surface area contributed by atoms with Gasteiger partial charge in [0.25, 0.3) is 5.56 Å². The molecule has 0 atom stereocenters. The standard InChI is InChI=1S/C18H18N2O2S/c1-10-5-6-14(7-11(10)2)15-13(4)23-17-16(15)18(22)20(9-19-17)8-12(3)21/h5-7,9H,8H2,1-4H3. The lowest BCUT2D eigenvalue weighted by Gasteiger charge is -2.07. The Bertz CT molecular complexity index is 983. The van der Waals surface area contributed by atoms with E-state index < -0.39 is 0 Å². The van der Waals surface area contributed by atoms with Gasteiger partial charge in [-0.25, -0.2) is 4.98 Å². The summed E-state index contributed by atoms with van der Waals surface area (Å²) in [6.45, 7) is 7.67. The van der Waals surface area contributed by atoms with Crippen molar-refractivity contribution in [2.75, 3.05) is 0 Å². The van der Waals surface area contributed by atoms with Crippen molar-refractivity contribution in [2.24, 2.45) is 0 Å². The number of rotatable bonds is 3. The Labute approximate surface area is 138 Å². The number of thiophene rings is 1. The summed E-state index contributed by atoms with van der Waals surface area (Å²) in [5.74, 6) is -0.0621. The highest BCUT2D eigenvalue weighted by molar-refractivity contribution is 7.19. The van der Waals surface area contributed by atoms with Gasteiger partial charge in [0, 0.05) is 10.4 Å². The molecule has 3 aromatic rings. The number of ketones is 1. The molecule has 0 unspecified atom stereocenters. The number of aryl methyl sites for hydroxylation is 3. The molecular formula is C18H18N2O2S. The summed E-state index contributed by atoms with van der Waals surface area (Å²) in [6.07, 6.45) is 1.46. The molecule has 1 aromatic carbocycles. The van der Waals surface area contributed by atoms with Gasteiger partial charge >= 0.3 is 0 Å². The normalized spacial score (nSPS) is 11.1. The average molecular weight is 326 g/mol. The quantitative estimate of drug-likeness (QED) is 0.738. The zero-order chi connectivity index (χ0) is 16.7. The SMILES string of the molecule is CC(=O)Cn1cnc2sc(C)c(-c3ccc(C)c(C)c3)c2c1=O. The van der Waals surface area contributed by atoms with Crippen molar-refractivity contribution in [3.05, 3.63) is 50.9 Å². The topological polar surface area (TPSA) is 52.0 Å². The summed E-state index contributed by atoms with van der Waals surface area (Å²) >= 11 is 1.52. The van der Waals surface area contributed by atoms with Crippen LogP contribution < -0.4 is 5.56 Å². The maximum Gasteiger partial charge on any atom is 0.263 e. The van der Waals surface area contributed by atoms with Crippen molar-refractivity contribution in [3.63, 3.8) is 0 Å². The van der Waals surface area contributed by atoms with E-state index in [0.717, 1.165) is 20.8 Å². The van der Waals surface area contributed by atoms with Gasteiger partial charge in [-0.1, -0.05) is 18.2 Å². The van der Waals surface area contributed by atoms with Crippen molar-refractivity contribution in [1.29, 1.82) is 0 Å². The number of carbonyl (C=O) groups excluding carboxylic acids is 1. The number of carbonyl (C=O) groups is 1. The van der Waals surface area contributed by atoms with Crippen LogP contribution in [0.3, 0.4) is 0 Å². The molecule has 0 saturated carbocycles. The monoisotopic (exact) mass is 326 g/mol. The third kappa shape index (κ3) is 2.72. The highest BCUT2D eigenvalue weighted by atomic mass is 32.1. The maximum atomic E-state index is 12.8. The second-order valence-electron chi connectivity index (χ2n) is 5.89. The lowest BCUT2D eigenvalue weighted by molar-refractivity contribution is -0.117. The molecule has 0 amide bonds. The van der Waals surface area contributed by atoms with E-state index in [0.29, 0.717) is 5.39 Å². The molecule has 3 rings (SSSR count). The first-order valence-electron chi connectivity index (χ1n) is 7.44. The predicted molar refractivity (Wildman–Crippen MR) is 94.2 cm³/mol. The van der Waals surface area contributed by atoms with E-state index in [1.807, 2.05) is 13.0 Å². The van der Waals surface area contributed by atoms with Crippen LogP contribution in [0, 0.1) is 20.8 Å². The van der Waals surface area contributed by atoms with Crippen LogP contribution in [0.25, 0.3) is 21.3 Å². The molecule has 4 nitrogen and oxygen atoms in total. The molecule has 0 saturated heterocycles. The molecule has 0 aliphatic heterocycles. The van der Waals surface area contributed by atoms with Crippen LogP contribution in [0.2, 0.25) is 0 Å². The molecule has 2 heterocycles. The van der Waals surface area contributed by atoms with Crippen LogP contribution in [0.5, 0.6) is 0 Å². The Morgan fingerprint density at radius 1 is 1.22 bits per heavy atom. The van der Waals surface area contributed by atoms with Gasteiger partial charge < -0.3 is 0 Å². The van der Waals surface area contributed by atoms with Crippen molar-refractivity contribution in [2.45, 2.75) is 34.2 Å². The highest BCUT2D eigenvalue weighted by Crippen LogP contribution is 2.36. The van der Waals surface area contributed by atoms with Crippen molar-refractivity contribution in [3.8, 4) is 11.1 Å². The second kappa shape index (κ2) is 5.74. The second-order valence-corrected chi connectivity index (χ2v) is 7.10. The zero-order valence-electron chi connectivity index (χ0n) is 13.6. The van der Waals surface area contributed by atoms with E-state index in [2.05, 4.69) is 31.0 Å². The molecule has 0 N–H and O–H groups in total. The van der Waals surface area contributed by atoms with Crippen LogP contribution in [0.15, 0.2) is 29.3 Å². The van der Waals surface area contributed by atoms with Gasteiger partial charge in [-0.15, -0.1) is 11.3 Å². The van der Waals surface area contributed by atoms with E-state index in [-0.39, 0.29) is 17.9 Å². The van der Waals surface area contributed by atoms with Gasteiger partial charge in [0.1, 0.15) is 10.6 Å². The number of hydrogen-bond donors (Lipinski definition) is 0. The summed E-state index contributed by atoms with van der Waals surface area (Å²) in [6, 6.07) is 6.21. The molecule has 0 aliphatic rings. The minimum Gasteiger partial charge on any atom is -0.298 e. The van der Waals surface area contributed by atoms with Crippen molar-refractivity contribution < 1.29 is 4.79 Å². The Hall–Kier alpha value is -2.27. The molecular weight excluding hydrogens is 308 g/mol. The van der Waals surface area contributed by atoms with Crippen LogP contribution in [-0.4, -0.2) is 15.3 Å². The number of Topliss-reactive ketones (excluding diaryl/α,β-unsaturated/α-hetero) is 1. The predicted octanol–water partition coefficient (Wildman–Crippen LogP) is 3.64. The Morgan fingerprint density at radius 2 is 1.96 bits per heavy atom. The van der Waals surface area contributed by atoms with E-state index in [1.165, 1.54) is 40.3 Å². The molecule has 0 aliphatic carbocycles. The summed E-state index contributed by atoms with van der Waals surface area (Å²) in [4.78, 5) is 30.3. The van der Waals surface area contributed by atoms with Gasteiger partial charge in [0.05, 0.1) is 18.3 Å². The lowest BCUT2D eigenvalue weighted by atomic mass is 9.99. The van der Waals surface area contributed by atoms with Gasteiger partial charge in [-0.2, -0.15) is 0 Å². The first-order chi connectivity index (χ1) is 10.9. The summed E-state index contributed by atoms with van der Waals surface area (Å²) in [5, 5.41) is 0.611. The molecule has 2 aromatic heterocycles. The lowest BCUT2D eigenvalue weighted by Crippen LogP contribution is -2.23. The number of benzene rings is 1. The first kappa shape index (κ1) is 15.6. The zero-order valence-corrected chi connectivity index (χ0v) is 14.5. The van der Waals surface area contributed by atoms with Crippen molar-refractivity contribution >= 4 is 27.3 Å². The fourth-order valence-corrected chi connectivity index (χ4v) is 3.74. The third-order valence-corrected chi connectivity index (χ3v) is 5.06. The van der Waals surface area contributed by atoms with Crippen LogP contribution in [0.1, 0.15) is 22.9 Å². The Kier molecular flexibility index (Phi) is 3.90. The molecule has 5 heteroatoms. The van der Waals surface area contributed by atoms with Gasteiger partial charge in [-0.05, 0) is 44.4 Å². The van der Waals surface area contributed by atoms with Crippen LogP contribution in [-0.2, 0) is 11.3 Å². The highest BCUT2D eigenvalue weighted by Gasteiger charge is 2.17. The minimum atomic E-state index is -0.150. The van der Waals surface area contributed by atoms with Crippen LogP contribution in [0.4, 0.5) is 0 Å². The van der Waals surface area contributed by atoms with E-state index in [9.17, 15) is 9.59 Å². The largest absolute Gasteiger partial charge is 0.298 e. The van der Waals surface area contributed by atoms with E-state index in [4.69, 9.17) is 0 Å². The Balaban J connectivity index is 2.31. The van der Waals surface area contributed by atoms with Crippen molar-refractivity contribution in [1.82, 2.24) is 9.55 Å². The maximum absolute atomic E-state index is 12.8. The fraction of sp³-hybridized carbons (Fsp3) is 0.278. The molecule has 118 valence electrons. The summed E-state index contributed by atoms with van der Waals surface area (Å²) < 4.78 is 1.39. The molecule has 23 heavy (non-hydrogen) atoms.